The van der Waals surface area contributed by atoms with Crippen LogP contribution in [0.1, 0.15) is 52.4 Å². The second-order valence-corrected chi connectivity index (χ2v) is 4.93. The van der Waals surface area contributed by atoms with E-state index in [9.17, 15) is 4.79 Å². The second kappa shape index (κ2) is 6.89. The Balaban J connectivity index is 2.44. The number of carbonyl (C=O) groups excluding carboxylic acids is 1. The minimum Gasteiger partial charge on any atom is -0.352 e. The van der Waals surface area contributed by atoms with E-state index in [4.69, 9.17) is 0 Å². The van der Waals surface area contributed by atoms with Gasteiger partial charge in [0, 0.05) is 6.04 Å². The molecule has 16 heavy (non-hydrogen) atoms. The first-order valence-electron chi connectivity index (χ1n) is 6.66. The average Bonchev–Trinajstić information content (AvgIpc) is 2.35. The number of rotatable bonds is 5. The summed E-state index contributed by atoms with van der Waals surface area (Å²) in [4.78, 5) is 11.8. The van der Waals surface area contributed by atoms with E-state index in [1.165, 1.54) is 32.1 Å². The Bertz CT molecular complexity index is 212. The molecule has 3 heteroatoms. The largest absolute Gasteiger partial charge is 0.352 e. The van der Waals surface area contributed by atoms with Gasteiger partial charge in [0.05, 0.1) is 6.04 Å². The van der Waals surface area contributed by atoms with Crippen LogP contribution in [0.15, 0.2) is 0 Å². The van der Waals surface area contributed by atoms with Crippen molar-refractivity contribution < 1.29 is 4.79 Å². The van der Waals surface area contributed by atoms with Crippen molar-refractivity contribution in [1.29, 1.82) is 0 Å². The van der Waals surface area contributed by atoms with Gasteiger partial charge in [-0.1, -0.05) is 26.2 Å². The highest BCUT2D eigenvalue weighted by atomic mass is 16.2. The van der Waals surface area contributed by atoms with Crippen molar-refractivity contribution in [2.24, 2.45) is 5.92 Å². The molecule has 1 aliphatic rings. The normalized spacial score (nSPS) is 21.4. The molecule has 2 N–H and O–H groups in total. The van der Waals surface area contributed by atoms with Crippen LogP contribution in [-0.2, 0) is 4.79 Å². The number of carbonyl (C=O) groups is 1. The molecule has 94 valence electrons. The van der Waals surface area contributed by atoms with E-state index in [0.717, 1.165) is 6.42 Å². The molecular formula is C13H26N2O. The van der Waals surface area contributed by atoms with Gasteiger partial charge in [-0.25, -0.2) is 0 Å². The molecule has 3 nitrogen and oxygen atoms in total. The maximum absolute atomic E-state index is 11.8. The van der Waals surface area contributed by atoms with Crippen LogP contribution in [0.5, 0.6) is 0 Å². The van der Waals surface area contributed by atoms with Crippen LogP contribution in [0.2, 0.25) is 0 Å². The van der Waals surface area contributed by atoms with Gasteiger partial charge < -0.3 is 10.6 Å². The summed E-state index contributed by atoms with van der Waals surface area (Å²) in [5.74, 6) is 0.840. The van der Waals surface area contributed by atoms with E-state index in [2.05, 4.69) is 17.6 Å². The van der Waals surface area contributed by atoms with Crippen LogP contribution in [0.3, 0.4) is 0 Å². The van der Waals surface area contributed by atoms with E-state index in [1.807, 2.05) is 14.0 Å². The number of amides is 1. The lowest BCUT2D eigenvalue weighted by molar-refractivity contribution is -0.123. The molecule has 0 saturated heterocycles. The predicted octanol–water partition coefficient (Wildman–Crippen LogP) is 2.07. The summed E-state index contributed by atoms with van der Waals surface area (Å²) in [6, 6.07) is 0.293. The first kappa shape index (κ1) is 13.5. The summed E-state index contributed by atoms with van der Waals surface area (Å²) in [6.07, 6.45) is 7.65. The highest BCUT2D eigenvalue weighted by Gasteiger charge is 2.24. The summed E-state index contributed by atoms with van der Waals surface area (Å²) < 4.78 is 0. The summed E-state index contributed by atoms with van der Waals surface area (Å²) in [6.45, 7) is 4.08. The predicted molar refractivity (Wildman–Crippen MR) is 67.3 cm³/mol. The van der Waals surface area contributed by atoms with E-state index in [-0.39, 0.29) is 11.9 Å². The first-order chi connectivity index (χ1) is 7.69. The van der Waals surface area contributed by atoms with E-state index >= 15 is 0 Å². The monoisotopic (exact) mass is 226 g/mol. The first-order valence-corrected chi connectivity index (χ1v) is 6.66. The average molecular weight is 226 g/mol. The standard InChI is InChI=1S/C13H26N2O/c1-4-12(11-8-6-5-7-9-11)15-13(16)10(2)14-3/h10-12,14H,4-9H2,1-3H3,(H,15,16). The summed E-state index contributed by atoms with van der Waals surface area (Å²) in [5, 5.41) is 6.17. The van der Waals surface area contributed by atoms with Gasteiger partial charge in [-0.05, 0) is 39.2 Å². The summed E-state index contributed by atoms with van der Waals surface area (Å²) >= 11 is 0. The maximum Gasteiger partial charge on any atom is 0.237 e. The van der Waals surface area contributed by atoms with Crippen molar-refractivity contribution in [3.63, 3.8) is 0 Å². The third-order valence-corrected chi connectivity index (χ3v) is 3.81. The molecule has 1 saturated carbocycles. The molecule has 2 unspecified atom stereocenters. The van der Waals surface area contributed by atoms with Crippen molar-refractivity contribution in [3.05, 3.63) is 0 Å². The van der Waals surface area contributed by atoms with E-state index in [0.29, 0.717) is 12.0 Å². The van der Waals surface area contributed by atoms with Crippen molar-refractivity contribution in [2.75, 3.05) is 7.05 Å². The zero-order valence-corrected chi connectivity index (χ0v) is 10.9. The third kappa shape index (κ3) is 3.78. The van der Waals surface area contributed by atoms with Gasteiger partial charge in [-0.2, -0.15) is 0 Å². The molecule has 0 aromatic carbocycles. The Hall–Kier alpha value is -0.570. The quantitative estimate of drug-likeness (QED) is 0.753. The molecule has 1 rings (SSSR count). The van der Waals surface area contributed by atoms with Gasteiger partial charge in [-0.15, -0.1) is 0 Å². The number of likely N-dealkylation sites (N-methyl/N-ethyl adjacent to an activating group) is 1. The SMILES string of the molecule is CCC(NC(=O)C(C)NC)C1CCCCC1. The van der Waals surface area contributed by atoms with Gasteiger partial charge in [0.25, 0.3) is 0 Å². The fourth-order valence-electron chi connectivity index (χ4n) is 2.53. The number of hydrogen-bond donors (Lipinski definition) is 2. The minimum atomic E-state index is -0.0855. The van der Waals surface area contributed by atoms with Crippen molar-refractivity contribution in [2.45, 2.75) is 64.5 Å². The molecule has 1 aliphatic carbocycles. The zero-order valence-electron chi connectivity index (χ0n) is 10.9. The molecular weight excluding hydrogens is 200 g/mol. The zero-order chi connectivity index (χ0) is 12.0. The minimum absolute atomic E-state index is 0.0855. The lowest BCUT2D eigenvalue weighted by Crippen LogP contribution is -2.47. The molecule has 1 fully saturated rings. The van der Waals surface area contributed by atoms with Gasteiger partial charge in [-0.3, -0.25) is 4.79 Å². The molecule has 0 heterocycles. The lowest BCUT2D eigenvalue weighted by Gasteiger charge is -2.31. The lowest BCUT2D eigenvalue weighted by atomic mass is 9.83. The molecule has 1 amide bonds. The molecule has 2 atom stereocenters. The van der Waals surface area contributed by atoms with Crippen LogP contribution in [-0.4, -0.2) is 25.0 Å². The number of hydrogen-bond acceptors (Lipinski definition) is 2. The van der Waals surface area contributed by atoms with Gasteiger partial charge in [0.1, 0.15) is 0 Å². The Morgan fingerprint density at radius 3 is 2.44 bits per heavy atom. The van der Waals surface area contributed by atoms with Crippen LogP contribution in [0.4, 0.5) is 0 Å². The topological polar surface area (TPSA) is 41.1 Å². The Labute approximate surface area is 99.4 Å². The van der Waals surface area contributed by atoms with Crippen molar-refractivity contribution in [1.82, 2.24) is 10.6 Å². The highest BCUT2D eigenvalue weighted by molar-refractivity contribution is 5.81. The maximum atomic E-state index is 11.8. The Morgan fingerprint density at radius 2 is 1.94 bits per heavy atom. The van der Waals surface area contributed by atoms with Crippen molar-refractivity contribution in [3.8, 4) is 0 Å². The molecule has 0 bridgehead atoms. The third-order valence-electron chi connectivity index (χ3n) is 3.81. The molecule has 0 aliphatic heterocycles. The fraction of sp³-hybridized carbons (Fsp3) is 0.923. The Kier molecular flexibility index (Phi) is 5.81. The Morgan fingerprint density at radius 1 is 1.31 bits per heavy atom. The van der Waals surface area contributed by atoms with Crippen LogP contribution < -0.4 is 10.6 Å². The van der Waals surface area contributed by atoms with Crippen molar-refractivity contribution >= 4 is 5.91 Å². The van der Waals surface area contributed by atoms with E-state index in [1.54, 1.807) is 0 Å². The summed E-state index contributed by atoms with van der Waals surface area (Å²) in [5.41, 5.74) is 0. The second-order valence-electron chi connectivity index (χ2n) is 4.93. The van der Waals surface area contributed by atoms with Crippen LogP contribution >= 0.6 is 0 Å². The number of nitrogens with one attached hydrogen (secondary N) is 2. The van der Waals surface area contributed by atoms with Crippen LogP contribution in [0, 0.1) is 5.92 Å². The molecule has 0 aromatic rings. The van der Waals surface area contributed by atoms with Gasteiger partial charge in [0.2, 0.25) is 5.91 Å². The van der Waals surface area contributed by atoms with Gasteiger partial charge >= 0.3 is 0 Å². The fourth-order valence-corrected chi connectivity index (χ4v) is 2.53. The van der Waals surface area contributed by atoms with Crippen LogP contribution in [0.25, 0.3) is 0 Å². The molecule has 0 spiro atoms. The van der Waals surface area contributed by atoms with E-state index < -0.39 is 0 Å². The highest BCUT2D eigenvalue weighted by Crippen LogP contribution is 2.27. The smallest absolute Gasteiger partial charge is 0.237 e. The molecule has 0 aromatic heterocycles. The molecule has 0 radical (unpaired) electrons. The van der Waals surface area contributed by atoms with Gasteiger partial charge in [0.15, 0.2) is 0 Å². The summed E-state index contributed by atoms with van der Waals surface area (Å²) in [7, 11) is 1.83.